The third-order valence-corrected chi connectivity index (χ3v) is 3.39. The summed E-state index contributed by atoms with van der Waals surface area (Å²) in [4.78, 5) is 0. The lowest BCUT2D eigenvalue weighted by Gasteiger charge is -2.34. The van der Waals surface area contributed by atoms with E-state index in [2.05, 4.69) is 21.2 Å². The molecule has 0 amide bonds. The molecule has 1 aromatic carbocycles. The molecule has 0 aliphatic heterocycles. The van der Waals surface area contributed by atoms with E-state index < -0.39 is 5.60 Å². The predicted molar refractivity (Wildman–Crippen MR) is 71.6 cm³/mol. The van der Waals surface area contributed by atoms with Crippen LogP contribution in [0.5, 0.6) is 0 Å². The Morgan fingerprint density at radius 1 is 1.47 bits per heavy atom. The predicted octanol–water partition coefficient (Wildman–Crippen LogP) is 3.66. The maximum absolute atomic E-state index is 13.9. The van der Waals surface area contributed by atoms with Crippen LogP contribution in [0, 0.1) is 5.82 Å². The molecule has 0 heterocycles. The molecule has 17 heavy (non-hydrogen) atoms. The summed E-state index contributed by atoms with van der Waals surface area (Å²) in [5.41, 5.74) is 0.144. The van der Waals surface area contributed by atoms with Gasteiger partial charge in [-0.05, 0) is 38.6 Å². The zero-order chi connectivity index (χ0) is 13.1. The molecule has 1 N–H and O–H groups in total. The average Bonchev–Trinajstić information content (AvgIpc) is 2.29. The van der Waals surface area contributed by atoms with Crippen LogP contribution in [-0.2, 0) is 4.74 Å². The highest BCUT2D eigenvalue weighted by Crippen LogP contribution is 2.31. The smallest absolute Gasteiger partial charge is 0.128 e. The van der Waals surface area contributed by atoms with Crippen molar-refractivity contribution in [3.8, 4) is 0 Å². The number of methoxy groups -OCH3 is 1. The Kier molecular flexibility index (Phi) is 5.10. The highest BCUT2D eigenvalue weighted by Gasteiger charge is 2.32. The maximum Gasteiger partial charge on any atom is 0.128 e. The van der Waals surface area contributed by atoms with Crippen molar-refractivity contribution in [3.63, 3.8) is 0 Å². The second-order valence-electron chi connectivity index (χ2n) is 4.46. The topological polar surface area (TPSA) is 21.3 Å². The fraction of sp³-hybridized carbons (Fsp3) is 0.538. The van der Waals surface area contributed by atoms with Crippen LogP contribution in [0.25, 0.3) is 0 Å². The van der Waals surface area contributed by atoms with Gasteiger partial charge in [-0.2, -0.15) is 0 Å². The highest BCUT2D eigenvalue weighted by atomic mass is 79.9. The molecule has 2 nitrogen and oxygen atoms in total. The molecule has 0 saturated carbocycles. The minimum Gasteiger partial charge on any atom is -0.377 e. The van der Waals surface area contributed by atoms with Crippen LogP contribution in [0.1, 0.15) is 32.4 Å². The molecule has 0 aliphatic carbocycles. The van der Waals surface area contributed by atoms with Gasteiger partial charge >= 0.3 is 0 Å². The second kappa shape index (κ2) is 5.94. The number of benzene rings is 1. The number of halogens is 2. The van der Waals surface area contributed by atoms with E-state index in [-0.39, 0.29) is 11.9 Å². The summed E-state index contributed by atoms with van der Waals surface area (Å²) in [5.74, 6) is -0.218. The SMILES string of the molecule is CCNC(c1cc(Br)ccc1F)C(C)(C)OC. The molecule has 0 radical (unpaired) electrons. The van der Waals surface area contributed by atoms with Crippen molar-refractivity contribution in [2.45, 2.75) is 32.4 Å². The average molecular weight is 304 g/mol. The largest absolute Gasteiger partial charge is 0.377 e. The summed E-state index contributed by atoms with van der Waals surface area (Å²) in [6.07, 6.45) is 0. The van der Waals surface area contributed by atoms with E-state index in [0.717, 1.165) is 11.0 Å². The van der Waals surface area contributed by atoms with Gasteiger partial charge in [-0.25, -0.2) is 4.39 Å². The van der Waals surface area contributed by atoms with Crippen LogP contribution in [0.2, 0.25) is 0 Å². The number of likely N-dealkylation sites (N-methyl/N-ethyl adjacent to an activating group) is 1. The van der Waals surface area contributed by atoms with E-state index in [9.17, 15) is 4.39 Å². The van der Waals surface area contributed by atoms with Crippen molar-refractivity contribution in [2.24, 2.45) is 0 Å². The first-order chi connectivity index (χ1) is 7.92. The van der Waals surface area contributed by atoms with E-state index in [1.807, 2.05) is 20.8 Å². The lowest BCUT2D eigenvalue weighted by molar-refractivity contribution is -0.0116. The molecule has 0 aromatic heterocycles. The number of hydrogen-bond donors (Lipinski definition) is 1. The van der Waals surface area contributed by atoms with E-state index in [1.165, 1.54) is 6.07 Å². The first-order valence-electron chi connectivity index (χ1n) is 5.66. The van der Waals surface area contributed by atoms with Crippen LogP contribution in [0.15, 0.2) is 22.7 Å². The van der Waals surface area contributed by atoms with Gasteiger partial charge in [0.2, 0.25) is 0 Å². The van der Waals surface area contributed by atoms with Crippen LogP contribution >= 0.6 is 15.9 Å². The Hall–Kier alpha value is -0.450. The van der Waals surface area contributed by atoms with Crippen LogP contribution in [0.4, 0.5) is 4.39 Å². The van der Waals surface area contributed by atoms with Gasteiger partial charge in [0.1, 0.15) is 5.82 Å². The molecule has 0 fully saturated rings. The fourth-order valence-corrected chi connectivity index (χ4v) is 2.17. The Morgan fingerprint density at radius 3 is 2.65 bits per heavy atom. The fourth-order valence-electron chi connectivity index (χ4n) is 1.79. The van der Waals surface area contributed by atoms with Gasteiger partial charge in [0.05, 0.1) is 11.6 Å². The molecule has 1 aromatic rings. The van der Waals surface area contributed by atoms with Crippen molar-refractivity contribution in [3.05, 3.63) is 34.1 Å². The first-order valence-corrected chi connectivity index (χ1v) is 6.45. The van der Waals surface area contributed by atoms with Crippen LogP contribution in [-0.4, -0.2) is 19.3 Å². The molecule has 0 spiro atoms. The standard InChI is InChI=1S/C13H19BrFNO/c1-5-16-12(13(2,3)17-4)10-8-9(14)6-7-11(10)15/h6-8,12,16H,5H2,1-4H3. The zero-order valence-electron chi connectivity index (χ0n) is 10.7. The monoisotopic (exact) mass is 303 g/mol. The third kappa shape index (κ3) is 3.50. The molecular formula is C13H19BrFNO. The van der Waals surface area contributed by atoms with Crippen molar-refractivity contribution in [1.29, 1.82) is 0 Å². The molecule has 0 saturated heterocycles. The lowest BCUT2D eigenvalue weighted by Crippen LogP contribution is -2.41. The van der Waals surface area contributed by atoms with Crippen LogP contribution < -0.4 is 5.32 Å². The van der Waals surface area contributed by atoms with Crippen molar-refractivity contribution >= 4 is 15.9 Å². The molecule has 0 bridgehead atoms. The third-order valence-electron chi connectivity index (χ3n) is 2.90. The number of hydrogen-bond acceptors (Lipinski definition) is 2. The van der Waals surface area contributed by atoms with Crippen molar-refractivity contribution in [1.82, 2.24) is 5.32 Å². The summed E-state index contributed by atoms with van der Waals surface area (Å²) < 4.78 is 20.2. The zero-order valence-corrected chi connectivity index (χ0v) is 12.3. The van der Waals surface area contributed by atoms with Gasteiger partial charge < -0.3 is 10.1 Å². The summed E-state index contributed by atoms with van der Waals surface area (Å²) >= 11 is 3.37. The first kappa shape index (κ1) is 14.6. The quantitative estimate of drug-likeness (QED) is 0.896. The van der Waals surface area contributed by atoms with E-state index in [0.29, 0.717) is 5.56 Å². The minimum absolute atomic E-state index is 0.185. The number of nitrogens with one attached hydrogen (secondary N) is 1. The molecule has 4 heteroatoms. The summed E-state index contributed by atoms with van der Waals surface area (Å²) in [6.45, 7) is 6.64. The molecule has 1 unspecified atom stereocenters. The van der Waals surface area contributed by atoms with E-state index in [1.54, 1.807) is 19.2 Å². The van der Waals surface area contributed by atoms with Crippen LogP contribution in [0.3, 0.4) is 0 Å². The summed E-state index contributed by atoms with van der Waals surface area (Å²) in [7, 11) is 1.64. The molecule has 1 atom stereocenters. The lowest BCUT2D eigenvalue weighted by atomic mass is 9.91. The van der Waals surface area contributed by atoms with Crippen molar-refractivity contribution in [2.75, 3.05) is 13.7 Å². The highest BCUT2D eigenvalue weighted by molar-refractivity contribution is 9.10. The Bertz CT molecular complexity index is 382. The molecule has 96 valence electrons. The van der Waals surface area contributed by atoms with Gasteiger partial charge in [0.25, 0.3) is 0 Å². The summed E-state index contributed by atoms with van der Waals surface area (Å²) in [5, 5.41) is 3.27. The normalized spacial score (nSPS) is 13.8. The maximum atomic E-state index is 13.9. The van der Waals surface area contributed by atoms with E-state index >= 15 is 0 Å². The van der Waals surface area contributed by atoms with Gasteiger partial charge in [-0.15, -0.1) is 0 Å². The number of rotatable bonds is 5. The summed E-state index contributed by atoms with van der Waals surface area (Å²) in [6, 6.07) is 4.77. The Labute approximate surface area is 111 Å². The Balaban J connectivity index is 3.17. The van der Waals surface area contributed by atoms with Gasteiger partial charge in [0, 0.05) is 17.1 Å². The second-order valence-corrected chi connectivity index (χ2v) is 5.38. The van der Waals surface area contributed by atoms with Gasteiger partial charge in [-0.1, -0.05) is 22.9 Å². The Morgan fingerprint density at radius 2 is 2.12 bits per heavy atom. The van der Waals surface area contributed by atoms with Gasteiger partial charge in [-0.3, -0.25) is 0 Å². The van der Waals surface area contributed by atoms with Gasteiger partial charge in [0.15, 0.2) is 0 Å². The molecule has 0 aliphatic rings. The molecular weight excluding hydrogens is 285 g/mol. The molecule has 1 rings (SSSR count). The number of ether oxygens (including phenoxy) is 1. The van der Waals surface area contributed by atoms with E-state index in [4.69, 9.17) is 4.74 Å². The minimum atomic E-state index is -0.475. The van der Waals surface area contributed by atoms with Crippen molar-refractivity contribution < 1.29 is 9.13 Å².